The molecule has 1 aromatic heterocycles. The minimum Gasteiger partial charge on any atom is -0.496 e. The van der Waals surface area contributed by atoms with Crippen LogP contribution in [0.15, 0.2) is 72.1 Å². The van der Waals surface area contributed by atoms with E-state index in [1.807, 2.05) is 52.7 Å². The summed E-state index contributed by atoms with van der Waals surface area (Å²) in [5.41, 5.74) is 1.43. The van der Waals surface area contributed by atoms with Gasteiger partial charge in [0.15, 0.2) is 0 Å². The van der Waals surface area contributed by atoms with Gasteiger partial charge in [-0.3, -0.25) is 4.79 Å². The SMILES string of the molecule is COc1ccccc1C(=O)N(Cc1csc(COc2cccc3ccccc23)n1)CC(C)C. The molecular weight excluding hydrogens is 432 g/mol. The maximum absolute atomic E-state index is 13.3. The molecule has 0 bridgehead atoms. The summed E-state index contributed by atoms with van der Waals surface area (Å²) < 4.78 is 11.5. The highest BCUT2D eigenvalue weighted by Crippen LogP contribution is 2.27. The number of carbonyl (C=O) groups is 1. The number of fused-ring (bicyclic) bond motifs is 1. The molecule has 0 atom stereocenters. The molecule has 0 aliphatic rings. The van der Waals surface area contributed by atoms with Crippen molar-refractivity contribution < 1.29 is 14.3 Å². The molecule has 0 saturated carbocycles. The van der Waals surface area contributed by atoms with Crippen LogP contribution in [-0.4, -0.2) is 29.4 Å². The predicted molar refractivity (Wildman–Crippen MR) is 133 cm³/mol. The summed E-state index contributed by atoms with van der Waals surface area (Å²) in [5, 5.41) is 5.12. The smallest absolute Gasteiger partial charge is 0.257 e. The number of para-hydroxylation sites is 1. The second-order valence-corrected chi connectivity index (χ2v) is 9.22. The highest BCUT2D eigenvalue weighted by Gasteiger charge is 2.21. The van der Waals surface area contributed by atoms with Gasteiger partial charge in [0.25, 0.3) is 5.91 Å². The summed E-state index contributed by atoms with van der Waals surface area (Å²) in [7, 11) is 1.58. The highest BCUT2D eigenvalue weighted by molar-refractivity contribution is 7.09. The van der Waals surface area contributed by atoms with Crippen molar-refractivity contribution >= 4 is 28.0 Å². The van der Waals surface area contributed by atoms with Crippen LogP contribution in [0.1, 0.15) is 34.9 Å². The average molecular weight is 461 g/mol. The lowest BCUT2D eigenvalue weighted by molar-refractivity contribution is 0.0717. The van der Waals surface area contributed by atoms with Crippen molar-refractivity contribution in [2.75, 3.05) is 13.7 Å². The Bertz CT molecular complexity index is 1230. The van der Waals surface area contributed by atoms with E-state index >= 15 is 0 Å². The maximum atomic E-state index is 13.3. The largest absolute Gasteiger partial charge is 0.496 e. The van der Waals surface area contributed by atoms with E-state index < -0.39 is 0 Å². The number of thiazole rings is 1. The van der Waals surface area contributed by atoms with Gasteiger partial charge in [-0.05, 0) is 29.5 Å². The summed E-state index contributed by atoms with van der Waals surface area (Å²) in [6, 6.07) is 21.6. The minimum atomic E-state index is -0.0531. The van der Waals surface area contributed by atoms with E-state index in [0.717, 1.165) is 27.2 Å². The predicted octanol–water partition coefficient (Wildman–Crippen LogP) is 6.18. The molecule has 0 fully saturated rings. The number of benzene rings is 3. The number of carbonyl (C=O) groups excluding carboxylic acids is 1. The first-order valence-corrected chi connectivity index (χ1v) is 11.9. The zero-order valence-corrected chi connectivity index (χ0v) is 20.0. The Balaban J connectivity index is 1.47. The lowest BCUT2D eigenvalue weighted by Crippen LogP contribution is -2.34. The van der Waals surface area contributed by atoms with Crippen LogP contribution in [0.4, 0.5) is 0 Å². The monoisotopic (exact) mass is 460 g/mol. The number of methoxy groups -OCH3 is 1. The molecule has 0 unspecified atom stereocenters. The zero-order chi connectivity index (χ0) is 23.2. The standard InChI is InChI=1S/C27H28N2O3S/c1-19(2)15-29(27(30)23-12-6-7-13-24(23)31-3)16-21-18-33-26(28-21)17-32-25-14-8-10-20-9-4-5-11-22(20)25/h4-14,18-19H,15-17H2,1-3H3. The first-order chi connectivity index (χ1) is 16.0. The van der Waals surface area contributed by atoms with Crippen LogP contribution < -0.4 is 9.47 Å². The highest BCUT2D eigenvalue weighted by atomic mass is 32.1. The van der Waals surface area contributed by atoms with E-state index in [9.17, 15) is 4.79 Å². The zero-order valence-electron chi connectivity index (χ0n) is 19.2. The van der Waals surface area contributed by atoms with Crippen LogP contribution in [0.25, 0.3) is 10.8 Å². The van der Waals surface area contributed by atoms with Crippen molar-refractivity contribution in [1.82, 2.24) is 9.88 Å². The van der Waals surface area contributed by atoms with E-state index in [4.69, 9.17) is 14.5 Å². The maximum Gasteiger partial charge on any atom is 0.257 e. The van der Waals surface area contributed by atoms with Gasteiger partial charge in [-0.1, -0.05) is 62.4 Å². The van der Waals surface area contributed by atoms with Gasteiger partial charge in [0, 0.05) is 17.3 Å². The van der Waals surface area contributed by atoms with Crippen molar-refractivity contribution in [1.29, 1.82) is 0 Å². The summed E-state index contributed by atoms with van der Waals surface area (Å²) in [6.07, 6.45) is 0. The molecule has 0 spiro atoms. The fourth-order valence-electron chi connectivity index (χ4n) is 3.80. The van der Waals surface area contributed by atoms with Crippen LogP contribution in [0.3, 0.4) is 0 Å². The van der Waals surface area contributed by atoms with Crippen molar-refractivity contribution in [3.05, 3.63) is 88.4 Å². The molecule has 0 saturated heterocycles. The molecule has 33 heavy (non-hydrogen) atoms. The van der Waals surface area contributed by atoms with Gasteiger partial charge in [-0.25, -0.2) is 4.98 Å². The third-order valence-corrected chi connectivity index (χ3v) is 6.13. The van der Waals surface area contributed by atoms with Gasteiger partial charge < -0.3 is 14.4 Å². The second-order valence-electron chi connectivity index (χ2n) is 8.28. The average Bonchev–Trinajstić information content (AvgIpc) is 3.28. The van der Waals surface area contributed by atoms with E-state index in [0.29, 0.717) is 36.9 Å². The van der Waals surface area contributed by atoms with E-state index in [1.165, 1.54) is 0 Å². The van der Waals surface area contributed by atoms with Gasteiger partial charge >= 0.3 is 0 Å². The fraction of sp³-hybridized carbons (Fsp3) is 0.259. The Morgan fingerprint density at radius 2 is 1.73 bits per heavy atom. The van der Waals surface area contributed by atoms with E-state index in [2.05, 4.69) is 32.0 Å². The Morgan fingerprint density at radius 3 is 2.55 bits per heavy atom. The normalized spacial score (nSPS) is 11.0. The molecular formula is C27H28N2O3S. The van der Waals surface area contributed by atoms with Crippen LogP contribution in [-0.2, 0) is 13.2 Å². The number of hydrogen-bond donors (Lipinski definition) is 0. The number of amides is 1. The third kappa shape index (κ3) is 5.52. The summed E-state index contributed by atoms with van der Waals surface area (Å²) >= 11 is 1.55. The number of hydrogen-bond acceptors (Lipinski definition) is 5. The molecule has 4 rings (SSSR count). The third-order valence-electron chi connectivity index (χ3n) is 5.26. The molecule has 170 valence electrons. The lowest BCUT2D eigenvalue weighted by Gasteiger charge is -2.24. The lowest BCUT2D eigenvalue weighted by atomic mass is 10.1. The molecule has 1 amide bonds. The van der Waals surface area contributed by atoms with Gasteiger partial charge in [0.1, 0.15) is 23.1 Å². The van der Waals surface area contributed by atoms with E-state index in [1.54, 1.807) is 24.5 Å². The molecule has 0 radical (unpaired) electrons. The van der Waals surface area contributed by atoms with E-state index in [-0.39, 0.29) is 5.91 Å². The summed E-state index contributed by atoms with van der Waals surface area (Å²) in [6.45, 7) is 5.68. The molecule has 0 aliphatic carbocycles. The van der Waals surface area contributed by atoms with Crippen LogP contribution in [0.5, 0.6) is 11.5 Å². The Hall–Kier alpha value is -3.38. The number of rotatable bonds is 9. The van der Waals surface area contributed by atoms with Crippen molar-refractivity contribution in [2.24, 2.45) is 5.92 Å². The first-order valence-electron chi connectivity index (χ1n) is 11.0. The quantitative estimate of drug-likeness (QED) is 0.299. The molecule has 3 aromatic carbocycles. The minimum absolute atomic E-state index is 0.0531. The topological polar surface area (TPSA) is 51.7 Å². The van der Waals surface area contributed by atoms with Crippen LogP contribution >= 0.6 is 11.3 Å². The number of ether oxygens (including phenoxy) is 2. The Morgan fingerprint density at radius 1 is 1.00 bits per heavy atom. The molecule has 6 heteroatoms. The summed E-state index contributed by atoms with van der Waals surface area (Å²) in [5.74, 6) is 1.70. The molecule has 5 nitrogen and oxygen atoms in total. The van der Waals surface area contributed by atoms with Crippen LogP contribution in [0, 0.1) is 5.92 Å². The number of aromatic nitrogens is 1. The second kappa shape index (κ2) is 10.5. The van der Waals surface area contributed by atoms with Crippen LogP contribution in [0.2, 0.25) is 0 Å². The van der Waals surface area contributed by atoms with Crippen molar-refractivity contribution in [3.63, 3.8) is 0 Å². The van der Waals surface area contributed by atoms with Gasteiger partial charge in [0.2, 0.25) is 0 Å². The summed E-state index contributed by atoms with van der Waals surface area (Å²) in [4.78, 5) is 19.9. The number of nitrogens with zero attached hydrogens (tertiary/aromatic N) is 2. The van der Waals surface area contributed by atoms with Gasteiger partial charge in [-0.15, -0.1) is 11.3 Å². The molecule has 0 aliphatic heterocycles. The van der Waals surface area contributed by atoms with Gasteiger partial charge in [-0.2, -0.15) is 0 Å². The van der Waals surface area contributed by atoms with Crippen molar-refractivity contribution in [3.8, 4) is 11.5 Å². The Kier molecular flexibility index (Phi) is 7.25. The van der Waals surface area contributed by atoms with Gasteiger partial charge in [0.05, 0.1) is 24.9 Å². The molecule has 1 heterocycles. The fourth-order valence-corrected chi connectivity index (χ4v) is 4.49. The molecule has 4 aromatic rings. The molecule has 0 N–H and O–H groups in total. The first kappa shape index (κ1) is 22.8. The Labute approximate surface area is 198 Å². The van der Waals surface area contributed by atoms with Crippen molar-refractivity contribution in [2.45, 2.75) is 27.0 Å².